The third kappa shape index (κ3) is 4.05. The van der Waals surface area contributed by atoms with Crippen LogP contribution >= 0.6 is 0 Å². The maximum absolute atomic E-state index is 15.0. The van der Waals surface area contributed by atoms with E-state index in [2.05, 4.69) is 10.2 Å². The first-order valence-corrected chi connectivity index (χ1v) is 10.7. The molecule has 1 heterocycles. The minimum absolute atomic E-state index is 0.0113. The van der Waals surface area contributed by atoms with Crippen molar-refractivity contribution in [2.45, 2.75) is 56.4 Å². The predicted octanol–water partition coefficient (Wildman–Crippen LogP) is 3.19. The summed E-state index contributed by atoms with van der Waals surface area (Å²) in [5.74, 6) is -0.322. The number of nitrogens with one attached hydrogen (secondary N) is 1. The Balaban J connectivity index is 1.42. The van der Waals surface area contributed by atoms with Gasteiger partial charge in [0.15, 0.2) is 0 Å². The van der Waals surface area contributed by atoms with Gasteiger partial charge >= 0.3 is 6.09 Å². The second-order valence-electron chi connectivity index (χ2n) is 8.50. The van der Waals surface area contributed by atoms with E-state index >= 15 is 4.39 Å². The van der Waals surface area contributed by atoms with Gasteiger partial charge in [0.25, 0.3) is 0 Å². The number of hydrogen-bond donors (Lipinski definition) is 1. The van der Waals surface area contributed by atoms with Crippen molar-refractivity contribution in [1.29, 1.82) is 0 Å². The molecule has 158 valence electrons. The van der Waals surface area contributed by atoms with Crippen molar-refractivity contribution < 1.29 is 18.7 Å². The number of rotatable bonds is 4. The monoisotopic (exact) mass is 403 g/mol. The number of methoxy groups -OCH3 is 1. The van der Waals surface area contributed by atoms with Crippen molar-refractivity contribution in [1.82, 2.24) is 10.2 Å². The van der Waals surface area contributed by atoms with Gasteiger partial charge in [-0.15, -0.1) is 0 Å². The van der Waals surface area contributed by atoms with Crippen LogP contribution in [0.25, 0.3) is 0 Å². The summed E-state index contributed by atoms with van der Waals surface area (Å²) >= 11 is 0. The summed E-state index contributed by atoms with van der Waals surface area (Å²) in [6, 6.07) is 5.46. The molecule has 1 aliphatic heterocycles. The molecule has 29 heavy (non-hydrogen) atoms. The van der Waals surface area contributed by atoms with E-state index in [-0.39, 0.29) is 23.9 Å². The van der Waals surface area contributed by atoms with Crippen molar-refractivity contribution >= 4 is 17.7 Å². The van der Waals surface area contributed by atoms with Crippen LogP contribution in [-0.4, -0.2) is 56.2 Å². The Hall–Kier alpha value is -2.31. The van der Waals surface area contributed by atoms with Gasteiger partial charge < -0.3 is 19.9 Å². The van der Waals surface area contributed by atoms with Crippen molar-refractivity contribution in [3.8, 4) is 0 Å². The van der Waals surface area contributed by atoms with Gasteiger partial charge in [0.2, 0.25) is 5.91 Å². The molecular formula is C22H30FN3O3. The summed E-state index contributed by atoms with van der Waals surface area (Å²) in [4.78, 5) is 28.3. The van der Waals surface area contributed by atoms with Gasteiger partial charge in [0, 0.05) is 43.5 Å². The summed E-state index contributed by atoms with van der Waals surface area (Å²) in [5.41, 5.74) is 0.617. The van der Waals surface area contributed by atoms with E-state index in [0.29, 0.717) is 44.6 Å². The zero-order valence-electron chi connectivity index (χ0n) is 17.1. The van der Waals surface area contributed by atoms with Gasteiger partial charge in [-0.1, -0.05) is 25.3 Å². The summed E-state index contributed by atoms with van der Waals surface area (Å²) < 4.78 is 19.8. The molecule has 0 aromatic heterocycles. The Morgan fingerprint density at radius 3 is 2.38 bits per heavy atom. The molecule has 3 aliphatic rings. The quantitative estimate of drug-likeness (QED) is 0.839. The van der Waals surface area contributed by atoms with Gasteiger partial charge in [-0.3, -0.25) is 4.79 Å². The Kier molecular flexibility index (Phi) is 5.65. The molecule has 1 aromatic carbocycles. The first-order valence-electron chi connectivity index (χ1n) is 10.7. The van der Waals surface area contributed by atoms with Crippen LogP contribution in [0.3, 0.4) is 0 Å². The van der Waals surface area contributed by atoms with Crippen LogP contribution in [0.5, 0.6) is 0 Å². The average molecular weight is 403 g/mol. The fourth-order valence-corrected chi connectivity index (χ4v) is 4.68. The van der Waals surface area contributed by atoms with Crippen molar-refractivity contribution in [2.24, 2.45) is 0 Å². The predicted molar refractivity (Wildman–Crippen MR) is 109 cm³/mol. The van der Waals surface area contributed by atoms with E-state index in [1.807, 2.05) is 6.07 Å². The van der Waals surface area contributed by atoms with E-state index in [1.165, 1.54) is 19.6 Å². The standard InChI is InChI=1S/C22H30FN3O3/c1-29-21(28)26-13-11-25(12-14-26)17-7-8-18(19(23)15-17)22(9-10-22)20(27)24-16-5-3-2-4-6-16/h7-8,15-16H,2-6,9-14H2,1H3,(H,24,27). The van der Waals surface area contributed by atoms with E-state index in [9.17, 15) is 9.59 Å². The van der Waals surface area contributed by atoms with Gasteiger partial charge in [-0.25, -0.2) is 9.18 Å². The second kappa shape index (κ2) is 8.20. The van der Waals surface area contributed by atoms with E-state index in [0.717, 1.165) is 31.4 Å². The van der Waals surface area contributed by atoms with Crippen LogP contribution in [0.1, 0.15) is 50.5 Å². The minimum Gasteiger partial charge on any atom is -0.453 e. The first-order chi connectivity index (χ1) is 14.0. The second-order valence-corrected chi connectivity index (χ2v) is 8.50. The fraction of sp³-hybridized carbons (Fsp3) is 0.636. The number of carbonyl (C=O) groups excluding carboxylic acids is 2. The zero-order valence-corrected chi connectivity index (χ0v) is 17.1. The molecule has 1 N–H and O–H groups in total. The normalized spacial score (nSPS) is 21.6. The highest BCUT2D eigenvalue weighted by molar-refractivity contribution is 5.91. The first kappa shape index (κ1) is 20.0. The molecule has 0 unspecified atom stereocenters. The molecule has 2 amide bonds. The lowest BCUT2D eigenvalue weighted by Crippen LogP contribution is -2.48. The molecule has 2 aliphatic carbocycles. The Morgan fingerprint density at radius 1 is 1.10 bits per heavy atom. The minimum atomic E-state index is -0.691. The van der Waals surface area contributed by atoms with Crippen LogP contribution in [0, 0.1) is 5.82 Å². The zero-order chi connectivity index (χ0) is 20.4. The molecule has 3 fully saturated rings. The van der Waals surface area contributed by atoms with Gasteiger partial charge in [0.05, 0.1) is 12.5 Å². The molecule has 2 saturated carbocycles. The summed E-state index contributed by atoms with van der Waals surface area (Å²) in [6.07, 6.45) is 6.70. The number of halogens is 1. The van der Waals surface area contributed by atoms with Crippen molar-refractivity contribution in [2.75, 3.05) is 38.2 Å². The van der Waals surface area contributed by atoms with Crippen LogP contribution in [-0.2, 0) is 14.9 Å². The van der Waals surface area contributed by atoms with E-state index in [1.54, 1.807) is 11.0 Å². The average Bonchev–Trinajstić information content (AvgIpc) is 3.56. The largest absolute Gasteiger partial charge is 0.453 e. The highest BCUT2D eigenvalue weighted by Gasteiger charge is 2.53. The lowest BCUT2D eigenvalue weighted by Gasteiger charge is -2.35. The molecule has 7 heteroatoms. The molecule has 0 bridgehead atoms. The van der Waals surface area contributed by atoms with E-state index in [4.69, 9.17) is 4.74 Å². The van der Waals surface area contributed by atoms with Crippen LogP contribution in [0.4, 0.5) is 14.9 Å². The third-order valence-corrected chi connectivity index (χ3v) is 6.67. The number of benzene rings is 1. The SMILES string of the molecule is COC(=O)N1CCN(c2ccc(C3(C(=O)NC4CCCCC4)CC3)c(F)c2)CC1. The van der Waals surface area contributed by atoms with Gasteiger partial charge in [-0.2, -0.15) is 0 Å². The van der Waals surface area contributed by atoms with Gasteiger partial charge in [-0.05, 0) is 37.8 Å². The van der Waals surface area contributed by atoms with Crippen molar-refractivity contribution in [3.63, 3.8) is 0 Å². The molecule has 0 atom stereocenters. The summed E-state index contributed by atoms with van der Waals surface area (Å²) in [5, 5.41) is 3.18. The topological polar surface area (TPSA) is 61.9 Å². The molecule has 6 nitrogen and oxygen atoms in total. The summed E-state index contributed by atoms with van der Waals surface area (Å²) in [7, 11) is 1.38. The Labute approximate surface area is 171 Å². The Morgan fingerprint density at radius 2 is 1.79 bits per heavy atom. The number of nitrogens with zero attached hydrogens (tertiary/aromatic N) is 2. The van der Waals surface area contributed by atoms with Crippen molar-refractivity contribution in [3.05, 3.63) is 29.6 Å². The summed E-state index contributed by atoms with van der Waals surface area (Å²) in [6.45, 7) is 2.34. The number of amides is 2. The van der Waals surface area contributed by atoms with Gasteiger partial charge in [0.1, 0.15) is 5.82 Å². The molecule has 0 radical (unpaired) electrons. The van der Waals surface area contributed by atoms with Crippen LogP contribution in [0.2, 0.25) is 0 Å². The number of carbonyl (C=O) groups is 2. The number of anilines is 1. The molecule has 0 spiro atoms. The maximum Gasteiger partial charge on any atom is 0.409 e. The maximum atomic E-state index is 15.0. The van der Waals surface area contributed by atoms with Crippen LogP contribution in [0.15, 0.2) is 18.2 Å². The van der Waals surface area contributed by atoms with E-state index < -0.39 is 5.41 Å². The number of ether oxygens (including phenoxy) is 1. The number of piperazine rings is 1. The highest BCUT2D eigenvalue weighted by atomic mass is 19.1. The molecule has 1 saturated heterocycles. The molecule has 1 aromatic rings. The third-order valence-electron chi connectivity index (χ3n) is 6.67. The number of hydrogen-bond acceptors (Lipinski definition) is 4. The lowest BCUT2D eigenvalue weighted by molar-refractivity contribution is -0.124. The lowest BCUT2D eigenvalue weighted by atomic mass is 9.91. The molecule has 4 rings (SSSR count). The highest BCUT2D eigenvalue weighted by Crippen LogP contribution is 2.50. The Bertz CT molecular complexity index is 767. The molecular weight excluding hydrogens is 373 g/mol. The van der Waals surface area contributed by atoms with Crippen LogP contribution < -0.4 is 10.2 Å². The fourth-order valence-electron chi connectivity index (χ4n) is 4.68. The smallest absolute Gasteiger partial charge is 0.409 e.